The van der Waals surface area contributed by atoms with Crippen LogP contribution in [0.1, 0.15) is 72.1 Å². The van der Waals surface area contributed by atoms with E-state index in [1.54, 1.807) is 35.0 Å². The van der Waals surface area contributed by atoms with Crippen molar-refractivity contribution < 1.29 is 75.5 Å². The van der Waals surface area contributed by atoms with Gasteiger partial charge in [0.05, 0.1) is 12.2 Å². The molecule has 8 heteroatoms. The minimum atomic E-state index is -0.750. The van der Waals surface area contributed by atoms with E-state index in [4.69, 9.17) is 14.2 Å². The van der Waals surface area contributed by atoms with Gasteiger partial charge in [-0.15, -0.1) is 5.60 Å². The summed E-state index contributed by atoms with van der Waals surface area (Å²) < 4.78 is 15.6. The van der Waals surface area contributed by atoms with Crippen molar-refractivity contribution in [3.05, 3.63) is 0 Å². The van der Waals surface area contributed by atoms with Crippen LogP contribution in [0.5, 0.6) is 0 Å². The second-order valence-electron chi connectivity index (χ2n) is 10.6. The van der Waals surface area contributed by atoms with Gasteiger partial charge in [0, 0.05) is 40.3 Å². The Morgan fingerprint density at radius 2 is 1.31 bits per heavy atom. The zero-order valence-corrected chi connectivity index (χ0v) is 28.4. The Bertz CT molecular complexity index is 446. The molecule has 0 unspecified atom stereocenters. The maximum Gasteiger partial charge on any atom is 1.00 e. The van der Waals surface area contributed by atoms with Crippen LogP contribution in [-0.2, 0) is 19.0 Å². The minimum absolute atomic E-state index is 0. The standard InChI is InChI=1S/C9H16O2.C8H14O2.C4H9O.C3H9IS.K/c1-10-6-8-2-4-9(5-3-8)7-11-9;1-10-6-7-2-4-8(9)5-3-7;1-4(2,3)5;1-5(2,3)4;/h8H,2-7H2,1H3;7H,2-6H2,1H3;2*1-3H3;/q;;-1;;+1. The van der Waals surface area contributed by atoms with Crippen LogP contribution in [-0.4, -0.2) is 69.8 Å². The van der Waals surface area contributed by atoms with Gasteiger partial charge in [0.25, 0.3) is 0 Å². The van der Waals surface area contributed by atoms with Crippen LogP contribution in [0.3, 0.4) is 0 Å². The number of ketones is 1. The summed E-state index contributed by atoms with van der Waals surface area (Å²) in [6, 6.07) is 0. The van der Waals surface area contributed by atoms with E-state index in [0.717, 1.165) is 51.4 Å². The molecule has 32 heavy (non-hydrogen) atoms. The molecule has 188 valence electrons. The van der Waals surface area contributed by atoms with Crippen molar-refractivity contribution in [2.45, 2.75) is 83.3 Å². The molecular weight excluding hydrogens is 566 g/mol. The topological polar surface area (TPSA) is 71.1 Å². The number of methoxy groups -OCH3 is 2. The summed E-state index contributed by atoms with van der Waals surface area (Å²) in [5.74, 6) is 1.87. The van der Waals surface area contributed by atoms with Gasteiger partial charge in [-0.2, -0.15) is 7.20 Å². The van der Waals surface area contributed by atoms with E-state index in [0.29, 0.717) is 17.3 Å². The van der Waals surface area contributed by atoms with Gasteiger partial charge in [-0.3, -0.25) is 4.79 Å². The van der Waals surface area contributed by atoms with Crippen molar-refractivity contribution in [2.75, 3.05) is 52.8 Å². The minimum Gasteiger partial charge on any atom is -0.850 e. The van der Waals surface area contributed by atoms with Crippen molar-refractivity contribution in [3.63, 3.8) is 0 Å². The largest absolute Gasteiger partial charge is 1.00 e. The maximum absolute atomic E-state index is 10.8. The molecule has 2 aliphatic carbocycles. The Morgan fingerprint density at radius 3 is 1.59 bits per heavy atom. The molecule has 2 saturated carbocycles. The first-order chi connectivity index (χ1) is 14.2. The molecule has 3 aliphatic rings. The van der Waals surface area contributed by atoms with Gasteiger partial charge < -0.3 is 19.3 Å². The molecule has 0 aromatic heterocycles. The van der Waals surface area contributed by atoms with Crippen LogP contribution in [0.2, 0.25) is 0 Å². The fourth-order valence-electron chi connectivity index (χ4n) is 3.40. The summed E-state index contributed by atoms with van der Waals surface area (Å²) in [6.45, 7) is 7.68. The third-order valence-electron chi connectivity index (χ3n) is 5.04. The van der Waals surface area contributed by atoms with Crippen molar-refractivity contribution in [1.82, 2.24) is 0 Å². The van der Waals surface area contributed by atoms with Gasteiger partial charge >= 0.3 is 51.4 Å². The van der Waals surface area contributed by atoms with Crippen molar-refractivity contribution in [3.8, 4) is 0 Å². The van der Waals surface area contributed by atoms with Gasteiger partial charge in [0.15, 0.2) is 0 Å². The summed E-state index contributed by atoms with van der Waals surface area (Å²) >= 11 is 2.46. The van der Waals surface area contributed by atoms with Gasteiger partial charge in [0.2, 0.25) is 0 Å². The van der Waals surface area contributed by atoms with Gasteiger partial charge in [-0.05, 0) is 90.3 Å². The normalized spacial score (nSPS) is 25.7. The number of rotatable bonds is 4. The SMILES string of the molecule is CC(C)(C)[O-].COCC1CCC(=O)CC1.COCC1CCC2(CC1)CO2.CS(C)(C)I.[K+]. The molecule has 3 rings (SSSR count). The number of hydrogen-bond acceptors (Lipinski definition) is 5. The average molecular weight is 615 g/mol. The number of Topliss-reactive ketones (excluding diaryl/α,β-unsaturated/α-hetero) is 1. The predicted octanol–water partition coefficient (Wildman–Crippen LogP) is 2.16. The van der Waals surface area contributed by atoms with Crippen LogP contribution < -0.4 is 56.5 Å². The smallest absolute Gasteiger partial charge is 0.850 e. The maximum atomic E-state index is 10.8. The molecule has 0 bridgehead atoms. The van der Waals surface area contributed by atoms with E-state index in [9.17, 15) is 9.90 Å². The molecule has 1 aliphatic heterocycles. The molecule has 0 aromatic rings. The molecule has 0 N–H and O–H groups in total. The number of ether oxygens (including phenoxy) is 3. The second kappa shape index (κ2) is 18.5. The van der Waals surface area contributed by atoms with Gasteiger partial charge in [-0.25, -0.2) is 0 Å². The molecule has 5 nitrogen and oxygen atoms in total. The molecule has 1 heterocycles. The first-order valence-electron chi connectivity index (χ1n) is 11.4. The fourth-order valence-corrected chi connectivity index (χ4v) is 3.40. The Morgan fingerprint density at radius 1 is 1.00 bits per heavy atom. The summed E-state index contributed by atoms with van der Waals surface area (Å²) in [5, 5.41) is 10.1. The first kappa shape index (κ1) is 36.4. The van der Waals surface area contributed by atoms with E-state index in [1.807, 2.05) is 0 Å². The summed E-state index contributed by atoms with van der Waals surface area (Å²) in [6.07, 6.45) is 15.5. The molecule has 1 spiro atoms. The molecule has 0 radical (unpaired) electrons. The van der Waals surface area contributed by atoms with E-state index in [2.05, 4.69) is 40.0 Å². The van der Waals surface area contributed by atoms with Crippen LogP contribution in [0, 0.1) is 11.8 Å². The Balaban J connectivity index is 0. The molecule has 0 amide bonds. The second-order valence-corrected chi connectivity index (χ2v) is 21.9. The Kier molecular flexibility index (Phi) is 21.0. The average Bonchev–Trinajstić information content (AvgIpc) is 3.37. The number of carbonyl (C=O) groups excluding carboxylic acids is 1. The van der Waals surface area contributed by atoms with Gasteiger partial charge in [0.1, 0.15) is 5.78 Å². The van der Waals surface area contributed by atoms with Crippen molar-refractivity contribution in [2.24, 2.45) is 11.8 Å². The summed E-state index contributed by atoms with van der Waals surface area (Å²) in [7, 11) is 3.31. The van der Waals surface area contributed by atoms with E-state index >= 15 is 0 Å². The molecule has 0 aromatic carbocycles. The van der Waals surface area contributed by atoms with Crippen LogP contribution in [0.25, 0.3) is 0 Å². The Hall–Kier alpha value is 2.23. The van der Waals surface area contributed by atoms with Crippen LogP contribution in [0.15, 0.2) is 0 Å². The number of carbonyl (C=O) groups is 1. The predicted molar refractivity (Wildman–Crippen MR) is 140 cm³/mol. The van der Waals surface area contributed by atoms with Crippen molar-refractivity contribution >= 4 is 34.2 Å². The molecule has 1 saturated heterocycles. The third kappa shape index (κ3) is 25.3. The Labute approximate surface area is 254 Å². The molecular formula is C24H48IKO5S. The van der Waals surface area contributed by atoms with Crippen LogP contribution >= 0.6 is 28.4 Å². The zero-order valence-electron chi connectivity index (χ0n) is 22.3. The molecule has 0 atom stereocenters. The summed E-state index contributed by atoms with van der Waals surface area (Å²) in [5.41, 5.74) is -0.399. The first-order valence-corrected chi connectivity index (χ1v) is 16.8. The van der Waals surface area contributed by atoms with Crippen LogP contribution in [0.4, 0.5) is 0 Å². The third-order valence-corrected chi connectivity index (χ3v) is 5.04. The van der Waals surface area contributed by atoms with Crippen molar-refractivity contribution in [1.29, 1.82) is 0 Å². The van der Waals surface area contributed by atoms with Gasteiger partial charge in [-0.1, -0.05) is 20.8 Å². The number of epoxide rings is 1. The van der Waals surface area contributed by atoms with E-state index < -0.39 is 5.60 Å². The number of halogens is 1. The van der Waals surface area contributed by atoms with E-state index in [-0.39, 0.29) is 58.6 Å². The molecule has 3 fully saturated rings. The number of hydrogen-bond donors (Lipinski definition) is 0. The zero-order chi connectivity index (χ0) is 24.1. The quantitative estimate of drug-likeness (QED) is 0.276. The fraction of sp³-hybridized carbons (Fsp3) is 0.958. The van der Waals surface area contributed by atoms with E-state index in [1.165, 1.54) is 25.7 Å². The monoisotopic (exact) mass is 614 g/mol. The summed E-state index contributed by atoms with van der Waals surface area (Å²) in [4.78, 5) is 10.8.